The van der Waals surface area contributed by atoms with Gasteiger partial charge in [-0.15, -0.1) is 11.3 Å². The first kappa shape index (κ1) is 18.7. The summed E-state index contributed by atoms with van der Waals surface area (Å²) in [5.41, 5.74) is 1.14. The van der Waals surface area contributed by atoms with Crippen LogP contribution < -0.4 is 5.32 Å². The summed E-state index contributed by atoms with van der Waals surface area (Å²) in [6, 6.07) is 11.7. The first-order chi connectivity index (χ1) is 13.0. The molecule has 6 nitrogen and oxygen atoms in total. The fourth-order valence-electron chi connectivity index (χ4n) is 2.62. The minimum absolute atomic E-state index is 0.0296. The van der Waals surface area contributed by atoms with Crippen LogP contribution in [0, 0.1) is 15.9 Å². The van der Waals surface area contributed by atoms with Gasteiger partial charge in [-0.05, 0) is 36.8 Å². The van der Waals surface area contributed by atoms with Crippen molar-refractivity contribution in [3.63, 3.8) is 0 Å². The number of nitrogens with one attached hydrogen (secondary N) is 1. The number of nitro groups is 1. The van der Waals surface area contributed by atoms with E-state index < -0.39 is 10.8 Å². The number of amides is 1. The molecule has 0 spiro atoms. The lowest BCUT2D eigenvalue weighted by molar-refractivity contribution is -0.385. The first-order valence-corrected chi connectivity index (χ1v) is 9.11. The monoisotopic (exact) mass is 385 g/mol. The number of aromatic nitrogens is 1. The third kappa shape index (κ3) is 4.17. The van der Waals surface area contributed by atoms with Gasteiger partial charge in [-0.25, -0.2) is 9.37 Å². The number of carbonyl (C=O) groups excluding carboxylic acids is 1. The van der Waals surface area contributed by atoms with E-state index in [4.69, 9.17) is 0 Å². The minimum atomic E-state index is -0.594. The molecule has 1 heterocycles. The molecule has 1 aromatic heterocycles. The molecule has 0 atom stereocenters. The van der Waals surface area contributed by atoms with Gasteiger partial charge in [0, 0.05) is 16.5 Å². The van der Waals surface area contributed by atoms with Crippen LogP contribution >= 0.6 is 11.3 Å². The van der Waals surface area contributed by atoms with Gasteiger partial charge in [0.15, 0.2) is 5.13 Å². The number of hydrogen-bond donors (Lipinski definition) is 1. The Kier molecular flexibility index (Phi) is 5.56. The molecular weight excluding hydrogens is 369 g/mol. The van der Waals surface area contributed by atoms with Crippen molar-refractivity contribution < 1.29 is 14.1 Å². The molecule has 0 aliphatic rings. The van der Waals surface area contributed by atoms with Crippen LogP contribution in [0.4, 0.5) is 15.2 Å². The van der Waals surface area contributed by atoms with Crippen LogP contribution in [0.25, 0.3) is 11.3 Å². The summed E-state index contributed by atoms with van der Waals surface area (Å²) in [7, 11) is 0. The van der Waals surface area contributed by atoms with Gasteiger partial charge in [-0.2, -0.15) is 0 Å². The molecule has 0 unspecified atom stereocenters. The Bertz CT molecular complexity index is 986. The van der Waals surface area contributed by atoms with E-state index in [-0.39, 0.29) is 17.1 Å². The number of nitro benzene ring substituents is 1. The summed E-state index contributed by atoms with van der Waals surface area (Å²) in [5.74, 6) is -0.930. The molecule has 3 aromatic rings. The van der Waals surface area contributed by atoms with Gasteiger partial charge in [0.25, 0.3) is 11.6 Å². The zero-order valence-electron chi connectivity index (χ0n) is 14.4. The Labute approximate surface area is 158 Å². The zero-order chi connectivity index (χ0) is 19.4. The maximum Gasteiger partial charge on any atom is 0.282 e. The van der Waals surface area contributed by atoms with Crippen molar-refractivity contribution in [1.82, 2.24) is 4.98 Å². The van der Waals surface area contributed by atoms with Gasteiger partial charge in [-0.1, -0.05) is 25.5 Å². The van der Waals surface area contributed by atoms with E-state index in [0.717, 1.165) is 23.3 Å². The molecule has 0 fully saturated rings. The van der Waals surface area contributed by atoms with Crippen LogP contribution in [0.5, 0.6) is 0 Å². The number of benzene rings is 2. The highest BCUT2D eigenvalue weighted by Gasteiger charge is 2.21. The SMILES string of the molecule is CCCc1sc(NC(=O)c2ccccc2[N+](=O)[O-])nc1-c1ccc(F)cc1. The summed E-state index contributed by atoms with van der Waals surface area (Å²) >= 11 is 1.31. The van der Waals surface area contributed by atoms with E-state index in [1.54, 1.807) is 18.2 Å². The molecule has 3 rings (SSSR count). The predicted octanol–water partition coefficient (Wildman–Crippen LogP) is 5.06. The molecule has 0 saturated heterocycles. The molecule has 8 heteroatoms. The van der Waals surface area contributed by atoms with Gasteiger partial charge in [-0.3, -0.25) is 20.2 Å². The van der Waals surface area contributed by atoms with Gasteiger partial charge < -0.3 is 0 Å². The van der Waals surface area contributed by atoms with Crippen molar-refractivity contribution >= 4 is 28.1 Å². The summed E-state index contributed by atoms with van der Waals surface area (Å²) in [4.78, 5) is 28.4. The van der Waals surface area contributed by atoms with Crippen LogP contribution in [0.2, 0.25) is 0 Å². The number of carbonyl (C=O) groups is 1. The van der Waals surface area contributed by atoms with Crippen molar-refractivity contribution in [2.75, 3.05) is 5.32 Å². The standard InChI is InChI=1S/C19H16FN3O3S/c1-2-5-16-17(12-8-10-13(20)11-9-12)21-19(27-16)22-18(24)14-6-3-4-7-15(14)23(25)26/h3-4,6-11H,2,5H2,1H3,(H,21,22,24). The lowest BCUT2D eigenvalue weighted by Crippen LogP contribution is -2.13. The number of para-hydroxylation sites is 1. The maximum atomic E-state index is 13.2. The Morgan fingerprint density at radius 3 is 2.59 bits per heavy atom. The van der Waals surface area contributed by atoms with E-state index in [0.29, 0.717) is 10.8 Å². The number of nitrogens with zero attached hydrogens (tertiary/aromatic N) is 2. The summed E-state index contributed by atoms with van der Waals surface area (Å²) < 4.78 is 13.2. The fourth-order valence-corrected chi connectivity index (χ4v) is 3.70. The topological polar surface area (TPSA) is 85.1 Å². The average Bonchev–Trinajstić information content (AvgIpc) is 3.05. The second-order valence-corrected chi connectivity index (χ2v) is 6.86. The highest BCUT2D eigenvalue weighted by molar-refractivity contribution is 7.16. The first-order valence-electron chi connectivity index (χ1n) is 8.30. The highest BCUT2D eigenvalue weighted by Crippen LogP contribution is 2.33. The molecule has 0 saturated carbocycles. The second-order valence-electron chi connectivity index (χ2n) is 5.78. The van der Waals surface area contributed by atoms with Gasteiger partial charge in [0.2, 0.25) is 0 Å². The molecule has 138 valence electrons. The van der Waals surface area contributed by atoms with Crippen molar-refractivity contribution in [2.45, 2.75) is 19.8 Å². The van der Waals surface area contributed by atoms with Crippen LogP contribution in [-0.4, -0.2) is 15.8 Å². The van der Waals surface area contributed by atoms with Crippen molar-refractivity contribution in [2.24, 2.45) is 0 Å². The van der Waals surface area contributed by atoms with E-state index in [9.17, 15) is 19.3 Å². The molecule has 1 N–H and O–H groups in total. The Morgan fingerprint density at radius 1 is 1.22 bits per heavy atom. The summed E-state index contributed by atoms with van der Waals surface area (Å²) in [5, 5.41) is 14.1. The van der Waals surface area contributed by atoms with Gasteiger partial charge in [0.1, 0.15) is 11.4 Å². The Hall–Kier alpha value is -3.13. The molecule has 2 aromatic carbocycles. The minimum Gasteiger partial charge on any atom is -0.298 e. The Morgan fingerprint density at radius 2 is 1.93 bits per heavy atom. The van der Waals surface area contributed by atoms with Crippen LogP contribution in [0.1, 0.15) is 28.6 Å². The van der Waals surface area contributed by atoms with E-state index in [1.807, 2.05) is 6.92 Å². The third-order valence-corrected chi connectivity index (χ3v) is 4.89. The number of aryl methyl sites for hydroxylation is 1. The fraction of sp³-hybridized carbons (Fsp3) is 0.158. The molecule has 1 amide bonds. The van der Waals surface area contributed by atoms with Crippen LogP contribution in [-0.2, 0) is 6.42 Å². The highest BCUT2D eigenvalue weighted by atomic mass is 32.1. The molecule has 0 bridgehead atoms. The van der Waals surface area contributed by atoms with Gasteiger partial charge in [0.05, 0.1) is 10.6 Å². The number of halogens is 1. The van der Waals surface area contributed by atoms with Crippen molar-refractivity contribution in [1.29, 1.82) is 0 Å². The third-order valence-electron chi connectivity index (χ3n) is 3.86. The predicted molar refractivity (Wildman–Crippen MR) is 103 cm³/mol. The summed E-state index contributed by atoms with van der Waals surface area (Å²) in [6.07, 6.45) is 1.64. The number of thiazole rings is 1. The van der Waals surface area contributed by atoms with E-state index >= 15 is 0 Å². The second kappa shape index (κ2) is 8.05. The summed E-state index contributed by atoms with van der Waals surface area (Å²) in [6.45, 7) is 2.03. The quantitative estimate of drug-likeness (QED) is 0.475. The molecular formula is C19H16FN3O3S. The Balaban J connectivity index is 1.92. The van der Waals surface area contributed by atoms with Crippen LogP contribution in [0.15, 0.2) is 48.5 Å². The maximum absolute atomic E-state index is 13.2. The lowest BCUT2D eigenvalue weighted by Gasteiger charge is -2.02. The molecule has 27 heavy (non-hydrogen) atoms. The van der Waals surface area contributed by atoms with Crippen molar-refractivity contribution in [3.05, 3.63) is 74.9 Å². The average molecular weight is 385 g/mol. The molecule has 0 aliphatic heterocycles. The molecule has 0 aliphatic carbocycles. The van der Waals surface area contributed by atoms with E-state index in [2.05, 4.69) is 10.3 Å². The smallest absolute Gasteiger partial charge is 0.282 e. The largest absolute Gasteiger partial charge is 0.298 e. The number of anilines is 1. The number of hydrogen-bond acceptors (Lipinski definition) is 5. The van der Waals surface area contributed by atoms with Crippen molar-refractivity contribution in [3.8, 4) is 11.3 Å². The van der Waals surface area contributed by atoms with Crippen LogP contribution in [0.3, 0.4) is 0 Å². The normalized spacial score (nSPS) is 10.6. The van der Waals surface area contributed by atoms with Gasteiger partial charge >= 0.3 is 0 Å². The van der Waals surface area contributed by atoms with E-state index in [1.165, 1.54) is 41.7 Å². The zero-order valence-corrected chi connectivity index (χ0v) is 15.3. The number of rotatable bonds is 6. The molecule has 0 radical (unpaired) electrons. The lowest BCUT2D eigenvalue weighted by atomic mass is 10.1.